The average Bonchev–Trinajstić information content (AvgIpc) is 2.41. The summed E-state index contributed by atoms with van der Waals surface area (Å²) in [5.41, 5.74) is 0.537. The first-order valence-electron chi connectivity index (χ1n) is 8.79. The second-order valence-corrected chi connectivity index (χ2v) is 6.77. The Hall–Kier alpha value is -0.0800. The molecule has 0 N–H and O–H groups in total. The summed E-state index contributed by atoms with van der Waals surface area (Å²) in [6, 6.07) is 0. The summed E-state index contributed by atoms with van der Waals surface area (Å²) in [5, 5.41) is 0. The lowest BCUT2D eigenvalue weighted by Gasteiger charge is -2.40. The second kappa shape index (κ2) is 10.6. The maximum Gasteiger partial charge on any atom is 0.0596 e. The van der Waals surface area contributed by atoms with Crippen molar-refractivity contribution in [2.45, 2.75) is 80.3 Å². The molecule has 1 aliphatic rings. The number of piperidine rings is 1. The van der Waals surface area contributed by atoms with Crippen LogP contribution in [0.5, 0.6) is 0 Å². The molecule has 0 aromatic rings. The molecular formula is C18H39NO. The predicted molar refractivity (Wildman–Crippen MR) is 90.3 cm³/mol. The van der Waals surface area contributed by atoms with Gasteiger partial charge in [-0.15, -0.1) is 0 Å². The van der Waals surface area contributed by atoms with Gasteiger partial charge in [0.05, 0.1) is 12.7 Å². The van der Waals surface area contributed by atoms with E-state index in [-0.39, 0.29) is 0 Å². The number of rotatable bonds is 7. The van der Waals surface area contributed by atoms with Gasteiger partial charge in [-0.25, -0.2) is 0 Å². The third kappa shape index (κ3) is 7.64. The second-order valence-electron chi connectivity index (χ2n) is 6.77. The lowest BCUT2D eigenvalue weighted by molar-refractivity contribution is 0.0384. The summed E-state index contributed by atoms with van der Waals surface area (Å²) in [5.74, 6) is 0.916. The van der Waals surface area contributed by atoms with E-state index in [2.05, 4.69) is 39.5 Å². The highest BCUT2D eigenvalue weighted by molar-refractivity contribution is 4.83. The molecule has 1 aliphatic heterocycles. The van der Waals surface area contributed by atoms with Crippen LogP contribution in [0.2, 0.25) is 0 Å². The quantitative estimate of drug-likeness (QED) is 0.654. The van der Waals surface area contributed by atoms with Gasteiger partial charge in [0.2, 0.25) is 0 Å². The van der Waals surface area contributed by atoms with E-state index < -0.39 is 0 Å². The van der Waals surface area contributed by atoms with Gasteiger partial charge in [0, 0.05) is 6.54 Å². The molecule has 0 aromatic carbocycles. The van der Waals surface area contributed by atoms with Crippen LogP contribution >= 0.6 is 0 Å². The van der Waals surface area contributed by atoms with Gasteiger partial charge >= 0.3 is 0 Å². The van der Waals surface area contributed by atoms with Gasteiger partial charge in [-0.05, 0) is 57.5 Å². The van der Waals surface area contributed by atoms with Gasteiger partial charge in [0.15, 0.2) is 0 Å². The Bertz CT molecular complexity index is 217. The molecular weight excluding hydrogens is 246 g/mol. The van der Waals surface area contributed by atoms with Crippen molar-refractivity contribution in [3.8, 4) is 0 Å². The Morgan fingerprint density at radius 1 is 1.15 bits per heavy atom. The van der Waals surface area contributed by atoms with Crippen molar-refractivity contribution >= 4 is 0 Å². The van der Waals surface area contributed by atoms with Crippen LogP contribution in [-0.4, -0.2) is 37.2 Å². The maximum absolute atomic E-state index is 5.64. The SMILES string of the molecule is CC.CCCC(C)(C)C1CCN(CCOC(C)C)CC1. The monoisotopic (exact) mass is 285 g/mol. The first kappa shape index (κ1) is 19.9. The van der Waals surface area contributed by atoms with Gasteiger partial charge < -0.3 is 9.64 Å². The number of likely N-dealkylation sites (tertiary alicyclic amines) is 1. The first-order chi connectivity index (χ1) is 9.45. The highest BCUT2D eigenvalue weighted by Crippen LogP contribution is 2.38. The smallest absolute Gasteiger partial charge is 0.0596 e. The Morgan fingerprint density at radius 3 is 2.15 bits per heavy atom. The van der Waals surface area contributed by atoms with Crippen LogP contribution < -0.4 is 0 Å². The minimum Gasteiger partial charge on any atom is -0.377 e. The molecule has 0 bridgehead atoms. The van der Waals surface area contributed by atoms with E-state index in [1.165, 1.54) is 38.8 Å². The van der Waals surface area contributed by atoms with Crippen molar-refractivity contribution in [2.75, 3.05) is 26.2 Å². The normalized spacial score (nSPS) is 18.0. The number of hydrogen-bond donors (Lipinski definition) is 0. The van der Waals surface area contributed by atoms with Gasteiger partial charge in [-0.2, -0.15) is 0 Å². The fourth-order valence-corrected chi connectivity index (χ4v) is 3.20. The zero-order valence-corrected chi connectivity index (χ0v) is 15.2. The van der Waals surface area contributed by atoms with E-state index in [1.807, 2.05) is 13.8 Å². The van der Waals surface area contributed by atoms with Gasteiger partial charge in [0.25, 0.3) is 0 Å². The van der Waals surface area contributed by atoms with E-state index in [9.17, 15) is 0 Å². The Balaban J connectivity index is 0.00000172. The fourth-order valence-electron chi connectivity index (χ4n) is 3.20. The highest BCUT2D eigenvalue weighted by atomic mass is 16.5. The minimum atomic E-state index is 0.367. The Labute approximate surface area is 128 Å². The van der Waals surface area contributed by atoms with Crippen molar-refractivity contribution in [3.05, 3.63) is 0 Å². The molecule has 1 heterocycles. The fraction of sp³-hybridized carbons (Fsp3) is 1.00. The topological polar surface area (TPSA) is 12.5 Å². The number of ether oxygens (including phenoxy) is 1. The van der Waals surface area contributed by atoms with Gasteiger partial charge in [-0.1, -0.05) is 41.0 Å². The van der Waals surface area contributed by atoms with Crippen molar-refractivity contribution in [1.82, 2.24) is 4.90 Å². The van der Waals surface area contributed by atoms with E-state index in [1.54, 1.807) is 0 Å². The molecule has 0 aliphatic carbocycles. The molecule has 20 heavy (non-hydrogen) atoms. The van der Waals surface area contributed by atoms with Crippen LogP contribution in [0.1, 0.15) is 74.1 Å². The van der Waals surface area contributed by atoms with E-state index in [0.29, 0.717) is 11.5 Å². The van der Waals surface area contributed by atoms with Crippen LogP contribution in [0, 0.1) is 11.3 Å². The number of hydrogen-bond acceptors (Lipinski definition) is 2. The third-order valence-electron chi connectivity index (χ3n) is 4.45. The van der Waals surface area contributed by atoms with Crippen LogP contribution in [-0.2, 0) is 4.74 Å². The molecule has 0 spiro atoms. The molecule has 0 unspecified atom stereocenters. The first-order valence-corrected chi connectivity index (χ1v) is 8.79. The summed E-state index contributed by atoms with van der Waals surface area (Å²) >= 11 is 0. The summed E-state index contributed by atoms with van der Waals surface area (Å²) in [6.07, 6.45) is 5.79. The molecule has 1 fully saturated rings. The maximum atomic E-state index is 5.64. The minimum absolute atomic E-state index is 0.367. The molecule has 0 atom stereocenters. The van der Waals surface area contributed by atoms with Crippen LogP contribution in [0.4, 0.5) is 0 Å². The Kier molecular flexibility index (Phi) is 10.6. The summed E-state index contributed by atoms with van der Waals surface area (Å²) in [7, 11) is 0. The number of nitrogens with zero attached hydrogens (tertiary/aromatic N) is 1. The lowest BCUT2D eigenvalue weighted by Crippen LogP contribution is -2.40. The summed E-state index contributed by atoms with van der Waals surface area (Å²) < 4.78 is 5.64. The average molecular weight is 286 g/mol. The molecule has 0 aromatic heterocycles. The van der Waals surface area contributed by atoms with Gasteiger partial charge in [-0.3, -0.25) is 0 Å². The molecule has 0 amide bonds. The molecule has 0 radical (unpaired) electrons. The molecule has 2 heteroatoms. The van der Waals surface area contributed by atoms with Crippen molar-refractivity contribution in [2.24, 2.45) is 11.3 Å². The standard InChI is InChI=1S/C16H33NO.C2H6/c1-6-9-16(4,5)15-7-10-17(11-8-15)12-13-18-14(2)3;1-2/h14-15H,6-13H2,1-5H3;1-2H3. The lowest BCUT2D eigenvalue weighted by atomic mass is 9.71. The highest BCUT2D eigenvalue weighted by Gasteiger charge is 2.31. The van der Waals surface area contributed by atoms with Crippen LogP contribution in [0.3, 0.4) is 0 Å². The zero-order chi connectivity index (χ0) is 15.6. The van der Waals surface area contributed by atoms with Crippen molar-refractivity contribution in [3.63, 3.8) is 0 Å². The largest absolute Gasteiger partial charge is 0.377 e. The summed E-state index contributed by atoms with van der Waals surface area (Å²) in [4.78, 5) is 2.57. The van der Waals surface area contributed by atoms with Crippen molar-refractivity contribution < 1.29 is 4.74 Å². The Morgan fingerprint density at radius 2 is 1.70 bits per heavy atom. The third-order valence-corrected chi connectivity index (χ3v) is 4.45. The molecule has 1 rings (SSSR count). The zero-order valence-electron chi connectivity index (χ0n) is 15.2. The van der Waals surface area contributed by atoms with E-state index in [0.717, 1.165) is 19.1 Å². The van der Waals surface area contributed by atoms with Crippen LogP contribution in [0.25, 0.3) is 0 Å². The molecule has 2 nitrogen and oxygen atoms in total. The molecule has 0 saturated carbocycles. The van der Waals surface area contributed by atoms with E-state index >= 15 is 0 Å². The molecule has 122 valence electrons. The molecule has 1 saturated heterocycles. The summed E-state index contributed by atoms with van der Waals surface area (Å²) in [6.45, 7) is 20.0. The van der Waals surface area contributed by atoms with Crippen LogP contribution in [0.15, 0.2) is 0 Å². The van der Waals surface area contributed by atoms with Gasteiger partial charge in [0.1, 0.15) is 0 Å². The van der Waals surface area contributed by atoms with E-state index in [4.69, 9.17) is 4.74 Å². The predicted octanol–water partition coefficient (Wildman–Crippen LogP) is 4.98. The van der Waals surface area contributed by atoms with Crippen molar-refractivity contribution in [1.29, 1.82) is 0 Å².